The zero-order valence-electron chi connectivity index (χ0n) is 13.7. The van der Waals surface area contributed by atoms with E-state index < -0.39 is 0 Å². The number of amides is 1. The van der Waals surface area contributed by atoms with Crippen LogP contribution in [-0.4, -0.2) is 37.4 Å². The minimum Gasteiger partial charge on any atom is -0.497 e. The summed E-state index contributed by atoms with van der Waals surface area (Å²) in [5, 5.41) is 0. The monoisotopic (exact) mass is 335 g/mol. The summed E-state index contributed by atoms with van der Waals surface area (Å²) in [6, 6.07) is 9.33. The second-order valence-electron chi connectivity index (χ2n) is 5.81. The molecule has 1 aliphatic rings. The van der Waals surface area contributed by atoms with Crippen LogP contribution in [0.15, 0.2) is 55.2 Å². The van der Waals surface area contributed by atoms with Crippen LogP contribution in [0.3, 0.4) is 0 Å². The highest BCUT2D eigenvalue weighted by molar-refractivity contribution is 5.92. The van der Waals surface area contributed by atoms with Crippen LogP contribution in [0.25, 0.3) is 0 Å². The fraction of sp³-hybridized carbons (Fsp3) is 0.222. The third kappa shape index (κ3) is 2.84. The molecule has 0 N–H and O–H groups in total. The molecule has 0 unspecified atom stereocenters. The number of hydrogen-bond donors (Lipinski definition) is 0. The quantitative estimate of drug-likeness (QED) is 0.733. The number of carbonyl (C=O) groups is 1. The van der Waals surface area contributed by atoms with Crippen molar-refractivity contribution in [3.05, 3.63) is 72.3 Å². The topological polar surface area (TPSA) is 73.1 Å². The van der Waals surface area contributed by atoms with Gasteiger partial charge in [-0.2, -0.15) is 0 Å². The molecule has 3 aromatic rings. The van der Waals surface area contributed by atoms with Crippen LogP contribution >= 0.6 is 0 Å². The number of hydrogen-bond acceptors (Lipinski definition) is 5. The Morgan fingerprint density at radius 1 is 1.16 bits per heavy atom. The predicted molar refractivity (Wildman–Crippen MR) is 89.9 cm³/mol. The standard InChI is InChI=1S/C18H17N5O2/c1-25-14-4-2-13(3-5-14)16-10-22-9-8-20-17(22)11-23(16)18(24)15-6-7-19-12-21-15/h2-9,12,16H,10-11H2,1H3/t16-/m1/s1. The van der Waals surface area contributed by atoms with Crippen molar-refractivity contribution in [2.45, 2.75) is 19.1 Å². The van der Waals surface area contributed by atoms with Gasteiger partial charge in [-0.05, 0) is 23.8 Å². The molecule has 0 saturated carbocycles. The second kappa shape index (κ2) is 6.35. The summed E-state index contributed by atoms with van der Waals surface area (Å²) in [6.07, 6.45) is 6.67. The lowest BCUT2D eigenvalue weighted by molar-refractivity contribution is 0.0578. The molecule has 1 aromatic carbocycles. The van der Waals surface area contributed by atoms with Gasteiger partial charge in [-0.15, -0.1) is 0 Å². The predicted octanol–water partition coefficient (Wildman–Crippen LogP) is 2.08. The van der Waals surface area contributed by atoms with E-state index in [1.165, 1.54) is 6.33 Å². The molecular weight excluding hydrogens is 318 g/mol. The lowest BCUT2D eigenvalue weighted by Gasteiger charge is -2.36. The lowest BCUT2D eigenvalue weighted by atomic mass is 10.0. The van der Waals surface area contributed by atoms with Gasteiger partial charge in [0.1, 0.15) is 23.6 Å². The first-order chi connectivity index (χ1) is 12.3. The second-order valence-corrected chi connectivity index (χ2v) is 5.81. The molecule has 0 saturated heterocycles. The third-order valence-electron chi connectivity index (χ3n) is 4.42. The highest BCUT2D eigenvalue weighted by atomic mass is 16.5. The largest absolute Gasteiger partial charge is 0.497 e. The van der Waals surface area contributed by atoms with Crippen molar-refractivity contribution in [1.82, 2.24) is 24.4 Å². The zero-order chi connectivity index (χ0) is 17.2. The van der Waals surface area contributed by atoms with Crippen molar-refractivity contribution in [1.29, 1.82) is 0 Å². The molecule has 0 fully saturated rings. The smallest absolute Gasteiger partial charge is 0.273 e. The number of carbonyl (C=O) groups excluding carboxylic acids is 1. The number of fused-ring (bicyclic) bond motifs is 1. The average molecular weight is 335 g/mol. The van der Waals surface area contributed by atoms with E-state index >= 15 is 0 Å². The first-order valence-corrected chi connectivity index (χ1v) is 7.97. The number of benzene rings is 1. The molecule has 126 valence electrons. The van der Waals surface area contributed by atoms with Gasteiger partial charge < -0.3 is 14.2 Å². The highest BCUT2D eigenvalue weighted by Gasteiger charge is 2.32. The molecule has 0 bridgehead atoms. The van der Waals surface area contributed by atoms with Gasteiger partial charge in [0.15, 0.2) is 0 Å². The molecule has 4 rings (SSSR count). The number of rotatable bonds is 3. The van der Waals surface area contributed by atoms with E-state index in [9.17, 15) is 4.79 Å². The Balaban J connectivity index is 1.71. The Morgan fingerprint density at radius 2 is 2.00 bits per heavy atom. The summed E-state index contributed by atoms with van der Waals surface area (Å²) in [4.78, 5) is 27.2. The molecule has 25 heavy (non-hydrogen) atoms. The van der Waals surface area contributed by atoms with Crippen LogP contribution in [0, 0.1) is 0 Å². The third-order valence-corrected chi connectivity index (χ3v) is 4.42. The van der Waals surface area contributed by atoms with Crippen LogP contribution in [0.4, 0.5) is 0 Å². The Bertz CT molecular complexity index is 876. The molecule has 1 amide bonds. The van der Waals surface area contributed by atoms with Crippen molar-refractivity contribution < 1.29 is 9.53 Å². The Hall–Kier alpha value is -3.22. The number of ether oxygens (including phenoxy) is 1. The average Bonchev–Trinajstić information content (AvgIpc) is 3.15. The van der Waals surface area contributed by atoms with Crippen molar-refractivity contribution in [3.63, 3.8) is 0 Å². The summed E-state index contributed by atoms with van der Waals surface area (Å²) in [5.74, 6) is 1.53. The fourth-order valence-corrected chi connectivity index (χ4v) is 3.09. The van der Waals surface area contributed by atoms with Gasteiger partial charge in [0, 0.05) is 25.1 Å². The normalized spacial score (nSPS) is 16.4. The summed E-state index contributed by atoms with van der Waals surface area (Å²) >= 11 is 0. The maximum absolute atomic E-state index is 13.0. The molecule has 3 heterocycles. The molecular formula is C18H17N5O2. The molecule has 1 aliphatic heterocycles. The maximum atomic E-state index is 13.0. The van der Waals surface area contributed by atoms with Crippen LogP contribution in [0.1, 0.15) is 27.9 Å². The Labute approximate surface area is 144 Å². The van der Waals surface area contributed by atoms with Gasteiger partial charge in [0.25, 0.3) is 5.91 Å². The first kappa shape index (κ1) is 15.3. The van der Waals surface area contributed by atoms with Gasteiger partial charge in [-0.3, -0.25) is 4.79 Å². The molecule has 0 aliphatic carbocycles. The highest BCUT2D eigenvalue weighted by Crippen LogP contribution is 2.31. The molecule has 0 radical (unpaired) electrons. The van der Waals surface area contributed by atoms with Crippen molar-refractivity contribution in [3.8, 4) is 5.75 Å². The van der Waals surface area contributed by atoms with E-state index in [2.05, 4.69) is 19.5 Å². The molecule has 7 heteroatoms. The van der Waals surface area contributed by atoms with Crippen molar-refractivity contribution >= 4 is 5.91 Å². The fourth-order valence-electron chi connectivity index (χ4n) is 3.09. The van der Waals surface area contributed by atoms with E-state index in [-0.39, 0.29) is 11.9 Å². The van der Waals surface area contributed by atoms with E-state index in [0.29, 0.717) is 18.8 Å². The maximum Gasteiger partial charge on any atom is 0.273 e. The SMILES string of the molecule is COc1ccc([C@H]2Cn3ccnc3CN2C(=O)c2ccncn2)cc1. The minimum absolute atomic E-state index is 0.102. The van der Waals surface area contributed by atoms with E-state index in [1.807, 2.05) is 35.4 Å². The molecule has 7 nitrogen and oxygen atoms in total. The minimum atomic E-state index is -0.127. The summed E-state index contributed by atoms with van der Waals surface area (Å²) in [6.45, 7) is 1.09. The lowest BCUT2D eigenvalue weighted by Crippen LogP contribution is -2.41. The molecule has 1 atom stereocenters. The van der Waals surface area contributed by atoms with Gasteiger partial charge in [-0.1, -0.05) is 12.1 Å². The van der Waals surface area contributed by atoms with E-state index in [1.54, 1.807) is 25.6 Å². The number of imidazole rings is 1. The van der Waals surface area contributed by atoms with Gasteiger partial charge in [0.2, 0.25) is 0 Å². The van der Waals surface area contributed by atoms with Crippen LogP contribution < -0.4 is 4.74 Å². The van der Waals surface area contributed by atoms with E-state index in [0.717, 1.165) is 17.1 Å². The number of aromatic nitrogens is 4. The van der Waals surface area contributed by atoms with Crippen LogP contribution in [0.5, 0.6) is 5.75 Å². The molecule has 0 spiro atoms. The molecule has 2 aromatic heterocycles. The Morgan fingerprint density at radius 3 is 2.72 bits per heavy atom. The van der Waals surface area contributed by atoms with Crippen molar-refractivity contribution in [2.24, 2.45) is 0 Å². The summed E-state index contributed by atoms with van der Waals surface area (Å²) < 4.78 is 7.31. The summed E-state index contributed by atoms with van der Waals surface area (Å²) in [7, 11) is 1.64. The first-order valence-electron chi connectivity index (χ1n) is 7.97. The van der Waals surface area contributed by atoms with Crippen molar-refractivity contribution in [2.75, 3.05) is 7.11 Å². The number of nitrogens with zero attached hydrogens (tertiary/aromatic N) is 5. The van der Waals surface area contributed by atoms with Gasteiger partial charge >= 0.3 is 0 Å². The van der Waals surface area contributed by atoms with Crippen LogP contribution in [0.2, 0.25) is 0 Å². The zero-order valence-corrected chi connectivity index (χ0v) is 13.7. The summed E-state index contributed by atoms with van der Waals surface area (Å²) in [5.41, 5.74) is 1.43. The Kier molecular flexibility index (Phi) is 3.89. The van der Waals surface area contributed by atoms with Gasteiger partial charge in [-0.25, -0.2) is 15.0 Å². The van der Waals surface area contributed by atoms with Gasteiger partial charge in [0.05, 0.1) is 19.7 Å². The van der Waals surface area contributed by atoms with Crippen LogP contribution in [-0.2, 0) is 13.1 Å². The number of methoxy groups -OCH3 is 1. The van der Waals surface area contributed by atoms with E-state index in [4.69, 9.17) is 4.74 Å².